The van der Waals surface area contributed by atoms with Gasteiger partial charge >= 0.3 is 5.97 Å². The molecule has 0 aliphatic heterocycles. The van der Waals surface area contributed by atoms with Crippen molar-refractivity contribution in [1.29, 1.82) is 0 Å². The molecule has 1 aromatic carbocycles. The summed E-state index contributed by atoms with van der Waals surface area (Å²) in [4.78, 5) is 11.0. The Morgan fingerprint density at radius 1 is 1.39 bits per heavy atom. The number of carboxylic acid groups (broad SMARTS) is 1. The van der Waals surface area contributed by atoms with Crippen molar-refractivity contribution in [3.63, 3.8) is 0 Å². The molecule has 1 rings (SSSR count). The average Bonchev–Trinajstić information content (AvgIpc) is 2.37. The van der Waals surface area contributed by atoms with Gasteiger partial charge in [0.1, 0.15) is 17.9 Å². The van der Waals surface area contributed by atoms with Gasteiger partial charge in [0.2, 0.25) is 0 Å². The minimum atomic E-state index is -1.11. The molecule has 0 fully saturated rings. The number of aliphatic hydroxyl groups is 1. The first-order chi connectivity index (χ1) is 8.51. The van der Waals surface area contributed by atoms with Crippen molar-refractivity contribution in [2.45, 2.75) is 18.9 Å². The summed E-state index contributed by atoms with van der Waals surface area (Å²) in [5.41, 5.74) is -0.0940. The molecule has 5 nitrogen and oxygen atoms in total. The summed E-state index contributed by atoms with van der Waals surface area (Å²) in [6.45, 7) is 1.71. The van der Waals surface area contributed by atoms with E-state index in [1.807, 2.05) is 12.1 Å². The molecular formula is C13H19NO4. The Hall–Kier alpha value is -1.59. The number of hydrogen-bond acceptors (Lipinski definition) is 4. The van der Waals surface area contributed by atoms with Crippen LogP contribution in [0.15, 0.2) is 24.3 Å². The van der Waals surface area contributed by atoms with Crippen LogP contribution in [0.1, 0.15) is 12.5 Å². The number of rotatable bonds is 7. The fraction of sp³-hybridized carbons (Fsp3) is 0.462. The van der Waals surface area contributed by atoms with Crippen molar-refractivity contribution < 1.29 is 19.7 Å². The quantitative estimate of drug-likeness (QED) is 0.665. The largest absolute Gasteiger partial charge is 0.491 e. The first kappa shape index (κ1) is 14.5. The summed E-state index contributed by atoms with van der Waals surface area (Å²) in [5, 5.41) is 20.6. The minimum Gasteiger partial charge on any atom is -0.491 e. The van der Waals surface area contributed by atoms with Gasteiger partial charge in [-0.25, -0.2) is 0 Å². The van der Waals surface area contributed by atoms with Gasteiger partial charge in [-0.15, -0.1) is 0 Å². The first-order valence-corrected chi connectivity index (χ1v) is 5.77. The van der Waals surface area contributed by atoms with Crippen LogP contribution in [-0.4, -0.2) is 42.0 Å². The van der Waals surface area contributed by atoms with Crippen LogP contribution in [0.4, 0.5) is 0 Å². The Morgan fingerprint density at radius 3 is 2.44 bits per heavy atom. The van der Waals surface area contributed by atoms with E-state index in [1.165, 1.54) is 0 Å². The molecule has 1 aromatic rings. The molecule has 18 heavy (non-hydrogen) atoms. The van der Waals surface area contributed by atoms with E-state index in [0.717, 1.165) is 5.56 Å². The standard InChI is InChI=1S/C13H19NO4/c1-13(14-2,12(16)17)9-18-11-5-3-10(4-6-11)7-8-15/h3-6,14-15H,7-9H2,1-2H3,(H,16,17). The molecule has 0 aliphatic carbocycles. The molecule has 100 valence electrons. The van der Waals surface area contributed by atoms with Crippen molar-refractivity contribution >= 4 is 5.97 Å². The monoisotopic (exact) mass is 253 g/mol. The van der Waals surface area contributed by atoms with Crippen LogP contribution in [0.5, 0.6) is 5.75 Å². The summed E-state index contributed by atoms with van der Waals surface area (Å²) in [7, 11) is 1.59. The van der Waals surface area contributed by atoms with E-state index in [1.54, 1.807) is 26.1 Å². The number of benzene rings is 1. The van der Waals surface area contributed by atoms with Gasteiger partial charge in [0.25, 0.3) is 0 Å². The maximum Gasteiger partial charge on any atom is 0.327 e. The zero-order chi connectivity index (χ0) is 13.6. The van der Waals surface area contributed by atoms with Gasteiger partial charge in [0, 0.05) is 6.61 Å². The highest BCUT2D eigenvalue weighted by molar-refractivity contribution is 5.78. The third-order valence-electron chi connectivity index (χ3n) is 2.88. The zero-order valence-corrected chi connectivity index (χ0v) is 10.6. The molecule has 1 atom stereocenters. The van der Waals surface area contributed by atoms with Gasteiger partial charge in [-0.3, -0.25) is 4.79 Å². The molecule has 0 amide bonds. The van der Waals surface area contributed by atoms with Crippen LogP contribution in [0, 0.1) is 0 Å². The molecule has 0 spiro atoms. The van der Waals surface area contributed by atoms with Crippen LogP contribution < -0.4 is 10.1 Å². The summed E-state index contributed by atoms with van der Waals surface area (Å²) in [6.07, 6.45) is 0.601. The number of carbonyl (C=O) groups is 1. The van der Waals surface area contributed by atoms with E-state index < -0.39 is 11.5 Å². The van der Waals surface area contributed by atoms with Gasteiger partial charge in [0.05, 0.1) is 0 Å². The van der Waals surface area contributed by atoms with Crippen LogP contribution in [0.25, 0.3) is 0 Å². The van der Waals surface area contributed by atoms with E-state index in [9.17, 15) is 4.79 Å². The Labute approximate surface area is 106 Å². The van der Waals surface area contributed by atoms with E-state index in [-0.39, 0.29) is 13.2 Å². The zero-order valence-electron chi connectivity index (χ0n) is 10.6. The molecule has 3 N–H and O–H groups in total. The number of nitrogens with one attached hydrogen (secondary N) is 1. The van der Waals surface area contributed by atoms with Gasteiger partial charge < -0.3 is 20.3 Å². The van der Waals surface area contributed by atoms with E-state index in [4.69, 9.17) is 14.9 Å². The summed E-state index contributed by atoms with van der Waals surface area (Å²) < 4.78 is 5.45. The average molecular weight is 253 g/mol. The fourth-order valence-electron chi connectivity index (χ4n) is 1.35. The topological polar surface area (TPSA) is 78.8 Å². The van der Waals surface area contributed by atoms with Gasteiger partial charge in [-0.1, -0.05) is 12.1 Å². The number of ether oxygens (including phenoxy) is 1. The Balaban J connectivity index is 2.60. The predicted octanol–water partition coefficient (Wildman–Crippen LogP) is 0.663. The molecular weight excluding hydrogens is 234 g/mol. The normalized spacial score (nSPS) is 13.9. The Morgan fingerprint density at radius 2 is 2.00 bits per heavy atom. The van der Waals surface area contributed by atoms with E-state index >= 15 is 0 Å². The Kier molecular flexibility index (Phi) is 5.12. The molecule has 5 heteroatoms. The molecule has 0 bridgehead atoms. The van der Waals surface area contributed by atoms with Crippen molar-refractivity contribution in [1.82, 2.24) is 5.32 Å². The molecule has 0 aromatic heterocycles. The summed E-state index contributed by atoms with van der Waals surface area (Å²) in [6, 6.07) is 7.23. The van der Waals surface area contributed by atoms with Crippen LogP contribution in [0.2, 0.25) is 0 Å². The lowest BCUT2D eigenvalue weighted by atomic mass is 10.1. The highest BCUT2D eigenvalue weighted by Crippen LogP contribution is 2.15. The van der Waals surface area contributed by atoms with Crippen LogP contribution in [0.3, 0.4) is 0 Å². The lowest BCUT2D eigenvalue weighted by Crippen LogP contribution is -2.52. The Bertz CT molecular complexity index is 390. The smallest absolute Gasteiger partial charge is 0.327 e. The number of likely N-dealkylation sites (N-methyl/N-ethyl adjacent to an activating group) is 1. The maximum atomic E-state index is 11.0. The summed E-state index contributed by atoms with van der Waals surface area (Å²) in [5.74, 6) is -0.346. The highest BCUT2D eigenvalue weighted by Gasteiger charge is 2.32. The third-order valence-corrected chi connectivity index (χ3v) is 2.88. The second kappa shape index (κ2) is 6.37. The maximum absolute atomic E-state index is 11.0. The fourth-order valence-corrected chi connectivity index (χ4v) is 1.35. The molecule has 0 aliphatic rings. The second-order valence-corrected chi connectivity index (χ2v) is 4.29. The van der Waals surface area contributed by atoms with Crippen molar-refractivity contribution in [2.24, 2.45) is 0 Å². The van der Waals surface area contributed by atoms with Gasteiger partial charge in [-0.2, -0.15) is 0 Å². The molecule has 1 unspecified atom stereocenters. The minimum absolute atomic E-state index is 0.0399. The molecule has 0 saturated carbocycles. The van der Waals surface area contributed by atoms with E-state index in [0.29, 0.717) is 12.2 Å². The third kappa shape index (κ3) is 3.72. The van der Waals surface area contributed by atoms with Gasteiger partial charge in [0.15, 0.2) is 0 Å². The van der Waals surface area contributed by atoms with Crippen LogP contribution >= 0.6 is 0 Å². The first-order valence-electron chi connectivity index (χ1n) is 5.77. The SMILES string of the molecule is CNC(C)(COc1ccc(CCO)cc1)C(=O)O. The van der Waals surface area contributed by atoms with E-state index in [2.05, 4.69) is 5.32 Å². The number of hydrogen-bond donors (Lipinski definition) is 3. The lowest BCUT2D eigenvalue weighted by Gasteiger charge is -2.24. The summed E-state index contributed by atoms with van der Waals surface area (Å²) >= 11 is 0. The second-order valence-electron chi connectivity index (χ2n) is 4.29. The number of aliphatic carboxylic acids is 1. The molecule has 0 heterocycles. The number of aliphatic hydroxyl groups excluding tert-OH is 1. The predicted molar refractivity (Wildman–Crippen MR) is 67.8 cm³/mol. The lowest BCUT2D eigenvalue weighted by molar-refractivity contribution is -0.145. The van der Waals surface area contributed by atoms with Crippen molar-refractivity contribution in [2.75, 3.05) is 20.3 Å². The van der Waals surface area contributed by atoms with Crippen molar-refractivity contribution in [3.05, 3.63) is 29.8 Å². The number of carboxylic acids is 1. The van der Waals surface area contributed by atoms with Gasteiger partial charge in [-0.05, 0) is 38.1 Å². The highest BCUT2D eigenvalue weighted by atomic mass is 16.5. The molecule has 0 radical (unpaired) electrons. The van der Waals surface area contributed by atoms with Crippen molar-refractivity contribution in [3.8, 4) is 5.75 Å². The van der Waals surface area contributed by atoms with Crippen LogP contribution in [-0.2, 0) is 11.2 Å². The molecule has 0 saturated heterocycles.